The van der Waals surface area contributed by atoms with Crippen LogP contribution >= 0.6 is 0 Å². The summed E-state index contributed by atoms with van der Waals surface area (Å²) in [4.78, 5) is 29.0. The van der Waals surface area contributed by atoms with Crippen LogP contribution in [0.2, 0.25) is 0 Å². The molecule has 4 aromatic carbocycles. The first-order valence-electron chi connectivity index (χ1n) is 16.3. The van der Waals surface area contributed by atoms with E-state index in [1.165, 1.54) is 0 Å². The molecule has 10 heteroatoms. The normalized spacial score (nSPS) is 11.8. The first-order chi connectivity index (χ1) is 23.6. The van der Waals surface area contributed by atoms with Gasteiger partial charge in [-0.1, -0.05) is 70.2 Å². The van der Waals surface area contributed by atoms with Crippen LogP contribution in [-0.4, -0.2) is 30.6 Å². The molecule has 50 heavy (non-hydrogen) atoms. The van der Waals surface area contributed by atoms with Gasteiger partial charge in [-0.15, -0.1) is 0 Å². The molecule has 0 aliphatic carbocycles. The van der Waals surface area contributed by atoms with Crippen molar-refractivity contribution in [1.82, 2.24) is 0 Å². The molecule has 0 atom stereocenters. The molecule has 6 N–H and O–H groups in total. The zero-order valence-corrected chi connectivity index (χ0v) is 28.5. The molecule has 2 aromatic heterocycles. The Hall–Kier alpha value is -5.90. The summed E-state index contributed by atoms with van der Waals surface area (Å²) in [5.41, 5.74) is 0.598. The van der Waals surface area contributed by atoms with Gasteiger partial charge in [0.2, 0.25) is 22.4 Å². The zero-order valence-electron chi connectivity index (χ0n) is 28.5. The van der Waals surface area contributed by atoms with Crippen molar-refractivity contribution >= 4 is 21.9 Å². The summed E-state index contributed by atoms with van der Waals surface area (Å²) < 4.78 is 12.4. The van der Waals surface area contributed by atoms with Crippen LogP contribution in [0, 0.1) is 25.7 Å². The highest BCUT2D eigenvalue weighted by Gasteiger charge is 2.30. The number of hydrogen-bond donors (Lipinski definition) is 6. The second-order valence-corrected chi connectivity index (χ2v) is 13.5. The number of phenols is 6. The van der Waals surface area contributed by atoms with Gasteiger partial charge < -0.3 is 39.5 Å². The molecule has 0 saturated carbocycles. The van der Waals surface area contributed by atoms with Gasteiger partial charge in [-0.3, -0.25) is 9.59 Å². The van der Waals surface area contributed by atoms with Crippen molar-refractivity contribution in [3.63, 3.8) is 0 Å². The molecule has 0 radical (unpaired) electrons. The SMILES string of the molecule is Cc1oc2c(CC(C)C)c(O)c(O)c(O)c2c(=O)c1-c1ccc(-c2ccccc2)cc1-c1c(C)oc2c(CC(C)C)c(O)c(O)c(O)c2c1=O. The summed E-state index contributed by atoms with van der Waals surface area (Å²) in [7, 11) is 0. The van der Waals surface area contributed by atoms with Gasteiger partial charge in [-0.05, 0) is 66.8 Å². The minimum atomic E-state index is -0.852. The second-order valence-electron chi connectivity index (χ2n) is 13.5. The van der Waals surface area contributed by atoms with Crippen LogP contribution in [0.1, 0.15) is 50.3 Å². The molecule has 10 nitrogen and oxygen atoms in total. The van der Waals surface area contributed by atoms with Crippen molar-refractivity contribution in [3.8, 4) is 67.9 Å². The van der Waals surface area contributed by atoms with Crippen LogP contribution in [-0.2, 0) is 12.8 Å². The maximum Gasteiger partial charge on any atom is 0.204 e. The molecule has 0 fully saturated rings. The molecule has 2 heterocycles. The number of rotatable bonds is 7. The molecule has 6 rings (SSSR count). The fraction of sp³-hybridized carbons (Fsp3) is 0.250. The van der Waals surface area contributed by atoms with Gasteiger partial charge in [0.1, 0.15) is 33.5 Å². The number of fused-ring (bicyclic) bond motifs is 2. The van der Waals surface area contributed by atoms with Crippen molar-refractivity contribution in [3.05, 3.63) is 91.6 Å². The Balaban J connectivity index is 1.76. The molecule has 0 unspecified atom stereocenters. The van der Waals surface area contributed by atoms with E-state index in [1.54, 1.807) is 32.0 Å². The van der Waals surface area contributed by atoms with E-state index >= 15 is 0 Å². The predicted octanol–water partition coefficient (Wildman–Crippen LogP) is 8.15. The smallest absolute Gasteiger partial charge is 0.204 e. The molecule has 6 aromatic rings. The van der Waals surface area contributed by atoms with Gasteiger partial charge in [0.05, 0.1) is 11.1 Å². The fourth-order valence-electron chi connectivity index (χ4n) is 6.70. The van der Waals surface area contributed by atoms with Crippen molar-refractivity contribution in [2.75, 3.05) is 0 Å². The highest BCUT2D eigenvalue weighted by atomic mass is 16.4. The van der Waals surface area contributed by atoms with E-state index in [0.717, 1.165) is 5.56 Å². The first kappa shape index (κ1) is 34.0. The Kier molecular flexibility index (Phi) is 8.51. The quantitative estimate of drug-likeness (QED) is 0.0902. The molecule has 0 saturated heterocycles. The van der Waals surface area contributed by atoms with Crippen LogP contribution < -0.4 is 10.9 Å². The van der Waals surface area contributed by atoms with Crippen LogP contribution in [0.3, 0.4) is 0 Å². The van der Waals surface area contributed by atoms with Gasteiger partial charge in [0, 0.05) is 11.1 Å². The summed E-state index contributed by atoms with van der Waals surface area (Å²) >= 11 is 0. The fourth-order valence-corrected chi connectivity index (χ4v) is 6.70. The molecular formula is C40H38O10. The number of hydrogen-bond acceptors (Lipinski definition) is 10. The predicted molar refractivity (Wildman–Crippen MR) is 191 cm³/mol. The second kappa shape index (κ2) is 12.5. The molecule has 0 aliphatic rings. The van der Waals surface area contributed by atoms with Gasteiger partial charge in [-0.2, -0.15) is 0 Å². The third-order valence-electron chi connectivity index (χ3n) is 8.96. The average Bonchev–Trinajstić information content (AvgIpc) is 3.06. The van der Waals surface area contributed by atoms with Gasteiger partial charge in [0.25, 0.3) is 0 Å². The number of phenolic OH excluding ortho intramolecular Hbond substituents is 6. The molecule has 0 amide bonds. The Bertz CT molecular complexity index is 2450. The molecular weight excluding hydrogens is 640 g/mol. The Labute approximate surface area is 286 Å². The minimum absolute atomic E-state index is 0.00983. The van der Waals surface area contributed by atoms with Crippen molar-refractivity contribution in [2.24, 2.45) is 11.8 Å². The van der Waals surface area contributed by atoms with Crippen LogP contribution in [0.4, 0.5) is 0 Å². The lowest BCUT2D eigenvalue weighted by Gasteiger charge is -2.19. The number of aryl methyl sites for hydroxylation is 2. The molecule has 0 bridgehead atoms. The Morgan fingerprint density at radius 3 is 1.42 bits per heavy atom. The minimum Gasteiger partial charge on any atom is -0.504 e. The van der Waals surface area contributed by atoms with Gasteiger partial charge >= 0.3 is 0 Å². The topological polar surface area (TPSA) is 182 Å². The Morgan fingerprint density at radius 2 is 0.980 bits per heavy atom. The van der Waals surface area contributed by atoms with E-state index in [1.807, 2.05) is 58.0 Å². The van der Waals surface area contributed by atoms with Crippen molar-refractivity contribution in [2.45, 2.75) is 54.4 Å². The van der Waals surface area contributed by atoms with Gasteiger partial charge in [0.15, 0.2) is 23.0 Å². The average molecular weight is 679 g/mol. The van der Waals surface area contributed by atoms with E-state index in [4.69, 9.17) is 8.83 Å². The lowest BCUT2D eigenvalue weighted by molar-refractivity contribution is 0.365. The largest absolute Gasteiger partial charge is 0.504 e. The van der Waals surface area contributed by atoms with E-state index in [0.29, 0.717) is 5.56 Å². The first-order valence-corrected chi connectivity index (χ1v) is 16.3. The van der Waals surface area contributed by atoms with E-state index < -0.39 is 45.4 Å². The zero-order chi connectivity index (χ0) is 36.3. The third-order valence-corrected chi connectivity index (χ3v) is 8.96. The maximum atomic E-state index is 14.6. The molecule has 258 valence electrons. The van der Waals surface area contributed by atoms with Crippen molar-refractivity contribution in [1.29, 1.82) is 0 Å². The number of aromatic hydroxyl groups is 6. The Morgan fingerprint density at radius 1 is 0.540 bits per heavy atom. The summed E-state index contributed by atoms with van der Waals surface area (Å²) in [5.74, 6) is -4.36. The summed E-state index contributed by atoms with van der Waals surface area (Å²) in [6, 6.07) is 14.4. The highest BCUT2D eigenvalue weighted by molar-refractivity contribution is 5.99. The molecule has 0 aliphatic heterocycles. The van der Waals surface area contributed by atoms with Crippen LogP contribution in [0.25, 0.3) is 55.3 Å². The van der Waals surface area contributed by atoms with E-state index in [9.17, 15) is 40.2 Å². The lowest BCUT2D eigenvalue weighted by atomic mass is 9.88. The standard InChI is InChI=1S/C40H38O10/c1-17(2)14-25-31(41)37(47)35(45)29-33(43)27(19(5)49-39(25)29)23-13-12-22(21-10-8-7-9-11-21)16-24(23)28-20(6)50-40-26(15-18(3)4)32(42)38(48)36(46)30(40)34(28)44/h7-13,16-18,41-42,45-48H,14-15H2,1-6H3. The van der Waals surface area contributed by atoms with Crippen LogP contribution in [0.15, 0.2) is 67.0 Å². The van der Waals surface area contributed by atoms with Gasteiger partial charge in [-0.25, -0.2) is 0 Å². The van der Waals surface area contributed by atoms with Crippen LogP contribution in [0.5, 0.6) is 34.5 Å². The lowest BCUT2D eigenvalue weighted by Crippen LogP contribution is -2.13. The highest BCUT2D eigenvalue weighted by Crippen LogP contribution is 2.48. The third kappa shape index (κ3) is 5.37. The summed E-state index contributed by atoms with van der Waals surface area (Å²) in [6.45, 7) is 10.6. The maximum absolute atomic E-state index is 14.6. The number of benzene rings is 4. The molecule has 0 spiro atoms. The van der Waals surface area contributed by atoms with E-state index in [-0.39, 0.29) is 91.5 Å². The summed E-state index contributed by atoms with van der Waals surface area (Å²) in [6.07, 6.45) is 0.464. The monoisotopic (exact) mass is 678 g/mol. The van der Waals surface area contributed by atoms with Crippen molar-refractivity contribution < 1.29 is 39.5 Å². The summed E-state index contributed by atoms with van der Waals surface area (Å²) in [5, 5.41) is 64.2. The van der Waals surface area contributed by atoms with E-state index in [2.05, 4.69) is 0 Å².